The van der Waals surface area contributed by atoms with Crippen molar-refractivity contribution in [3.05, 3.63) is 35.1 Å². The normalized spacial score (nSPS) is 13.6. The molecule has 9 nitrogen and oxygen atoms in total. The third-order valence-electron chi connectivity index (χ3n) is 4.93. The second-order valence-electron chi connectivity index (χ2n) is 7.87. The van der Waals surface area contributed by atoms with Crippen molar-refractivity contribution in [1.82, 2.24) is 19.5 Å². The molecule has 0 spiro atoms. The number of fused-ring (bicyclic) bond motifs is 1. The summed E-state index contributed by atoms with van der Waals surface area (Å²) in [5.74, 6) is -0.556. The first kappa shape index (κ1) is 21.8. The molecule has 0 amide bonds. The molecule has 2 heterocycles. The van der Waals surface area contributed by atoms with Crippen LogP contribution in [0.3, 0.4) is 0 Å². The van der Waals surface area contributed by atoms with E-state index < -0.39 is 11.7 Å². The number of imidazole rings is 1. The van der Waals surface area contributed by atoms with Gasteiger partial charge in [0, 0.05) is 17.6 Å². The van der Waals surface area contributed by atoms with Crippen molar-refractivity contribution >= 4 is 46.2 Å². The second-order valence-corrected chi connectivity index (χ2v) is 8.27. The first-order valence-electron chi connectivity index (χ1n) is 9.54. The summed E-state index contributed by atoms with van der Waals surface area (Å²) in [5.41, 5.74) is 0.468. The van der Waals surface area contributed by atoms with Crippen LogP contribution < -0.4 is 10.6 Å². The van der Waals surface area contributed by atoms with Crippen LogP contribution in [0.15, 0.2) is 24.5 Å². The Kier molecular flexibility index (Phi) is 5.87. The van der Waals surface area contributed by atoms with Gasteiger partial charge in [-0.15, -0.1) is 0 Å². The van der Waals surface area contributed by atoms with Crippen LogP contribution in [0.2, 0.25) is 5.02 Å². The number of halogens is 1. The van der Waals surface area contributed by atoms with E-state index in [1.807, 2.05) is 32.3 Å². The van der Waals surface area contributed by atoms with Crippen LogP contribution in [0.5, 0.6) is 0 Å². The molecule has 0 saturated heterocycles. The number of nitrogens with zero attached hydrogens (tertiary/aromatic N) is 4. The monoisotopic (exact) mass is 432 g/mol. The van der Waals surface area contributed by atoms with Gasteiger partial charge in [-0.25, -0.2) is 9.78 Å². The molecule has 2 aromatic heterocycles. The number of hydrogen-bond donors (Lipinski definition) is 4. The van der Waals surface area contributed by atoms with E-state index in [1.54, 1.807) is 19.3 Å². The van der Waals surface area contributed by atoms with Crippen molar-refractivity contribution < 1.29 is 15.0 Å². The molecule has 1 unspecified atom stereocenters. The summed E-state index contributed by atoms with van der Waals surface area (Å²) in [6, 6.07) is 4.64. The maximum absolute atomic E-state index is 11.2. The maximum atomic E-state index is 11.2. The fourth-order valence-electron chi connectivity index (χ4n) is 2.71. The number of anilines is 3. The summed E-state index contributed by atoms with van der Waals surface area (Å²) in [6.07, 6.45) is 1.68. The number of aromatic nitrogens is 4. The summed E-state index contributed by atoms with van der Waals surface area (Å²) in [7, 11) is 0. The zero-order valence-corrected chi connectivity index (χ0v) is 18.2. The molecule has 0 saturated carbocycles. The summed E-state index contributed by atoms with van der Waals surface area (Å²) in [4.78, 5) is 24.7. The minimum atomic E-state index is -1.22. The van der Waals surface area contributed by atoms with E-state index in [4.69, 9.17) is 16.7 Å². The Morgan fingerprint density at radius 3 is 2.50 bits per heavy atom. The molecule has 1 aromatic carbocycles. The van der Waals surface area contributed by atoms with Crippen LogP contribution in [0.1, 0.15) is 51.0 Å². The van der Waals surface area contributed by atoms with Crippen LogP contribution in [0.4, 0.5) is 17.5 Å². The number of hydrogen-bond acceptors (Lipinski definition) is 7. The first-order valence-corrected chi connectivity index (χ1v) is 9.92. The Labute approximate surface area is 179 Å². The quantitative estimate of drug-likeness (QED) is 0.407. The minimum Gasteiger partial charge on any atom is -0.478 e. The van der Waals surface area contributed by atoms with Crippen molar-refractivity contribution in [3.8, 4) is 0 Å². The number of aliphatic hydroxyl groups is 1. The highest BCUT2D eigenvalue weighted by Crippen LogP contribution is 2.29. The lowest BCUT2D eigenvalue weighted by molar-refractivity contribution is 0.0414. The van der Waals surface area contributed by atoms with E-state index in [0.29, 0.717) is 22.7 Å². The molecule has 3 rings (SSSR count). The smallest absolute Gasteiger partial charge is 0.337 e. The van der Waals surface area contributed by atoms with Crippen molar-refractivity contribution in [2.75, 3.05) is 10.6 Å². The Balaban J connectivity index is 2.08. The summed E-state index contributed by atoms with van der Waals surface area (Å²) < 4.78 is 1.90. The maximum Gasteiger partial charge on any atom is 0.337 e. The zero-order chi connectivity index (χ0) is 22.2. The molecule has 3 aromatic rings. The topological polar surface area (TPSA) is 125 Å². The minimum absolute atomic E-state index is 0.00877. The SMILES string of the molecule is CC(C)n1cnc2c(Nc3ccc(C(=O)O)c(Cl)c3)nc(NC(C)(O)C(C)C)nc21. The Morgan fingerprint density at radius 1 is 1.23 bits per heavy atom. The third-order valence-corrected chi connectivity index (χ3v) is 5.24. The molecule has 160 valence electrons. The largest absolute Gasteiger partial charge is 0.478 e. The molecule has 0 aliphatic carbocycles. The standard InChI is InChI=1S/C20H25ClN6O3/c1-10(2)20(5,30)26-19-24-16(15-17(25-19)27(9-22-15)11(3)4)23-12-6-7-13(18(28)29)14(21)8-12/h6-11,30H,1-5H3,(H,28,29)(H2,23,24,25,26). The van der Waals surface area contributed by atoms with Gasteiger partial charge in [0.25, 0.3) is 0 Å². The van der Waals surface area contributed by atoms with Crippen LogP contribution in [0.25, 0.3) is 11.2 Å². The van der Waals surface area contributed by atoms with Gasteiger partial charge in [-0.1, -0.05) is 25.4 Å². The Bertz CT molecular complexity index is 1090. The molecule has 10 heteroatoms. The molecule has 30 heavy (non-hydrogen) atoms. The van der Waals surface area contributed by atoms with E-state index in [-0.39, 0.29) is 28.5 Å². The van der Waals surface area contributed by atoms with Gasteiger partial charge in [-0.3, -0.25) is 0 Å². The average molecular weight is 433 g/mol. The summed E-state index contributed by atoms with van der Waals surface area (Å²) >= 11 is 6.09. The molecular formula is C20H25ClN6O3. The van der Waals surface area contributed by atoms with E-state index in [9.17, 15) is 9.90 Å². The average Bonchev–Trinajstić information content (AvgIpc) is 3.05. The summed E-state index contributed by atoms with van der Waals surface area (Å²) in [5, 5.41) is 26.0. The highest BCUT2D eigenvalue weighted by Gasteiger charge is 2.27. The van der Waals surface area contributed by atoms with Gasteiger partial charge >= 0.3 is 5.97 Å². The van der Waals surface area contributed by atoms with E-state index >= 15 is 0 Å². The van der Waals surface area contributed by atoms with Crippen LogP contribution in [-0.2, 0) is 0 Å². The van der Waals surface area contributed by atoms with Crippen LogP contribution in [0, 0.1) is 5.92 Å². The molecule has 4 N–H and O–H groups in total. The van der Waals surface area contributed by atoms with Crippen molar-refractivity contribution in [3.63, 3.8) is 0 Å². The highest BCUT2D eigenvalue weighted by molar-refractivity contribution is 6.33. The highest BCUT2D eigenvalue weighted by atomic mass is 35.5. The van der Waals surface area contributed by atoms with Gasteiger partial charge in [0.05, 0.1) is 16.9 Å². The van der Waals surface area contributed by atoms with E-state index in [2.05, 4.69) is 25.6 Å². The predicted octanol–water partition coefficient (Wildman–Crippen LogP) is 4.28. The predicted molar refractivity (Wildman–Crippen MR) is 116 cm³/mol. The van der Waals surface area contributed by atoms with Crippen LogP contribution in [-0.4, -0.2) is 41.4 Å². The Hall–Kier alpha value is -2.91. The van der Waals surface area contributed by atoms with Gasteiger partial charge in [0.1, 0.15) is 5.72 Å². The number of nitrogens with one attached hydrogen (secondary N) is 2. The third kappa shape index (κ3) is 4.31. The van der Waals surface area contributed by atoms with Gasteiger partial charge in [0.15, 0.2) is 17.0 Å². The van der Waals surface area contributed by atoms with E-state index in [1.165, 1.54) is 12.1 Å². The zero-order valence-electron chi connectivity index (χ0n) is 17.4. The molecule has 0 fully saturated rings. The van der Waals surface area contributed by atoms with Gasteiger partial charge < -0.3 is 25.4 Å². The lowest BCUT2D eigenvalue weighted by Gasteiger charge is -2.29. The van der Waals surface area contributed by atoms with Crippen molar-refractivity contribution in [2.45, 2.75) is 46.4 Å². The Morgan fingerprint density at radius 2 is 1.93 bits per heavy atom. The second kappa shape index (κ2) is 8.08. The molecular weight excluding hydrogens is 408 g/mol. The molecule has 1 atom stereocenters. The number of carboxylic acids is 1. The van der Waals surface area contributed by atoms with Gasteiger partial charge in [-0.05, 0) is 39.0 Å². The van der Waals surface area contributed by atoms with Crippen molar-refractivity contribution in [1.29, 1.82) is 0 Å². The number of benzene rings is 1. The first-order chi connectivity index (χ1) is 14.0. The lowest BCUT2D eigenvalue weighted by atomic mass is 10.0. The lowest BCUT2D eigenvalue weighted by Crippen LogP contribution is -2.40. The number of carboxylic acid groups (broad SMARTS) is 1. The molecule has 0 aliphatic rings. The number of aromatic carboxylic acids is 1. The van der Waals surface area contributed by atoms with Gasteiger partial charge in [-0.2, -0.15) is 9.97 Å². The number of rotatable bonds is 7. The summed E-state index contributed by atoms with van der Waals surface area (Å²) in [6.45, 7) is 9.45. The molecule has 0 aliphatic heterocycles. The van der Waals surface area contributed by atoms with Gasteiger partial charge in [0.2, 0.25) is 5.95 Å². The van der Waals surface area contributed by atoms with Crippen LogP contribution >= 0.6 is 11.6 Å². The fraction of sp³-hybridized carbons (Fsp3) is 0.400. The number of carbonyl (C=O) groups is 1. The van der Waals surface area contributed by atoms with Crippen molar-refractivity contribution in [2.24, 2.45) is 5.92 Å². The van der Waals surface area contributed by atoms with E-state index in [0.717, 1.165) is 0 Å². The molecule has 0 radical (unpaired) electrons. The molecule has 0 bridgehead atoms. The fourth-order valence-corrected chi connectivity index (χ4v) is 2.97.